The third-order valence-electron chi connectivity index (χ3n) is 13.3. The van der Waals surface area contributed by atoms with E-state index in [1.54, 1.807) is 6.92 Å². The molecule has 0 aromatic rings. The first-order chi connectivity index (χ1) is 15.9. The van der Waals surface area contributed by atoms with Crippen molar-refractivity contribution in [2.75, 3.05) is 0 Å². The van der Waals surface area contributed by atoms with Crippen molar-refractivity contribution in [1.29, 1.82) is 0 Å². The summed E-state index contributed by atoms with van der Waals surface area (Å²) >= 11 is 0. The molecule has 35 heavy (non-hydrogen) atoms. The zero-order valence-corrected chi connectivity index (χ0v) is 22.9. The van der Waals surface area contributed by atoms with Gasteiger partial charge in [-0.1, -0.05) is 52.7 Å². The highest BCUT2D eigenvalue weighted by Crippen LogP contribution is 2.76. The van der Waals surface area contributed by atoms with Crippen LogP contribution in [-0.4, -0.2) is 38.8 Å². The first-order valence-corrected chi connectivity index (χ1v) is 13.8. The minimum Gasteiger partial charge on any atom is -0.481 e. The van der Waals surface area contributed by atoms with E-state index in [9.17, 15) is 24.9 Å². The van der Waals surface area contributed by atoms with Crippen LogP contribution < -0.4 is 0 Å². The largest absolute Gasteiger partial charge is 0.481 e. The molecule has 3 saturated carbocycles. The van der Waals surface area contributed by atoms with Gasteiger partial charge in [0.1, 0.15) is 5.78 Å². The van der Waals surface area contributed by atoms with Gasteiger partial charge in [0.05, 0.1) is 17.1 Å². The van der Waals surface area contributed by atoms with Crippen molar-refractivity contribution in [3.05, 3.63) is 11.1 Å². The van der Waals surface area contributed by atoms with Crippen LogP contribution in [-0.2, 0) is 9.59 Å². The lowest BCUT2D eigenvalue weighted by Crippen LogP contribution is -2.75. The van der Waals surface area contributed by atoms with Crippen LogP contribution in [0.3, 0.4) is 0 Å². The average molecular weight is 487 g/mol. The van der Waals surface area contributed by atoms with Gasteiger partial charge in [-0.15, -0.1) is 0 Å². The molecule has 5 nitrogen and oxygen atoms in total. The number of hydrogen-bond donors (Lipinski definition) is 3. The standard InChI is InChI=1S/C30H46O5/c1-24(2)20-9-8-18-19(27(20,5)11-10-21(24)31)16-22(32)29(7)28(18,6)15-14-26(4)13-12-25(3,23(33)34)17-30(26,29)35/h20,22,32,35H,8-17H2,1-7H3,(H,33,34)/t20-,22+,25+,26-,27+,28+,29+,30-/m0/s1. The lowest BCUT2D eigenvalue weighted by atomic mass is 9.33. The van der Waals surface area contributed by atoms with Gasteiger partial charge < -0.3 is 15.3 Å². The summed E-state index contributed by atoms with van der Waals surface area (Å²) in [5, 5.41) is 34.9. The van der Waals surface area contributed by atoms with E-state index in [-0.39, 0.29) is 23.2 Å². The van der Waals surface area contributed by atoms with E-state index in [2.05, 4.69) is 41.5 Å². The van der Waals surface area contributed by atoms with Crippen molar-refractivity contribution < 1.29 is 24.9 Å². The van der Waals surface area contributed by atoms with Gasteiger partial charge in [0.2, 0.25) is 0 Å². The Bertz CT molecular complexity index is 1030. The molecule has 0 amide bonds. The molecular weight excluding hydrogens is 440 g/mol. The van der Waals surface area contributed by atoms with Gasteiger partial charge in [-0.25, -0.2) is 0 Å². The number of carbonyl (C=O) groups is 2. The zero-order chi connectivity index (χ0) is 26.0. The molecule has 3 fully saturated rings. The number of aliphatic hydroxyl groups excluding tert-OH is 1. The number of Topliss-reactive ketones (excluding diaryl/α,β-unsaturated/α-hetero) is 1. The molecule has 0 radical (unpaired) electrons. The van der Waals surface area contributed by atoms with E-state index in [1.807, 2.05) is 0 Å². The summed E-state index contributed by atoms with van der Waals surface area (Å²) in [6.07, 6.45) is 6.14. The highest BCUT2D eigenvalue weighted by atomic mass is 16.4. The van der Waals surface area contributed by atoms with Gasteiger partial charge in [0.15, 0.2) is 0 Å². The predicted octanol–water partition coefficient (Wildman–Crippen LogP) is 5.67. The van der Waals surface area contributed by atoms with Crippen LogP contribution in [0.25, 0.3) is 0 Å². The van der Waals surface area contributed by atoms with Crippen molar-refractivity contribution in [3.8, 4) is 0 Å². The van der Waals surface area contributed by atoms with Crippen molar-refractivity contribution in [2.24, 2.45) is 38.4 Å². The summed E-state index contributed by atoms with van der Waals surface area (Å²) in [6.45, 7) is 14.8. The molecule has 0 spiro atoms. The topological polar surface area (TPSA) is 94.8 Å². The number of aliphatic carboxylic acids is 1. The molecule has 3 N–H and O–H groups in total. The summed E-state index contributed by atoms with van der Waals surface area (Å²) < 4.78 is 0. The van der Waals surface area contributed by atoms with Crippen LogP contribution in [0.4, 0.5) is 0 Å². The molecule has 0 aromatic carbocycles. The molecule has 5 rings (SSSR count). The first-order valence-electron chi connectivity index (χ1n) is 13.8. The number of ketones is 1. The van der Waals surface area contributed by atoms with Gasteiger partial charge in [-0.05, 0) is 86.9 Å². The maximum absolute atomic E-state index is 12.9. The lowest BCUT2D eigenvalue weighted by molar-refractivity contribution is -0.297. The first kappa shape index (κ1) is 25.4. The summed E-state index contributed by atoms with van der Waals surface area (Å²) in [7, 11) is 0. The fourth-order valence-corrected chi connectivity index (χ4v) is 10.3. The number of carbonyl (C=O) groups excluding carboxylic acids is 1. The van der Waals surface area contributed by atoms with Crippen LogP contribution in [0, 0.1) is 38.4 Å². The van der Waals surface area contributed by atoms with Gasteiger partial charge in [-0.2, -0.15) is 0 Å². The second-order valence-corrected chi connectivity index (χ2v) is 14.8. The number of aliphatic hydroxyl groups is 2. The van der Waals surface area contributed by atoms with Gasteiger partial charge >= 0.3 is 5.97 Å². The molecule has 0 bridgehead atoms. The van der Waals surface area contributed by atoms with E-state index in [0.29, 0.717) is 31.5 Å². The normalized spacial score (nSPS) is 53.2. The zero-order valence-electron chi connectivity index (χ0n) is 22.9. The molecule has 5 aliphatic rings. The van der Waals surface area contributed by atoms with E-state index >= 15 is 0 Å². The number of carboxylic acid groups (broad SMARTS) is 1. The van der Waals surface area contributed by atoms with E-state index in [4.69, 9.17) is 0 Å². The van der Waals surface area contributed by atoms with Crippen LogP contribution in [0.5, 0.6) is 0 Å². The Morgan fingerprint density at radius 3 is 2.14 bits per heavy atom. The fourth-order valence-electron chi connectivity index (χ4n) is 10.3. The third-order valence-corrected chi connectivity index (χ3v) is 13.3. The molecule has 0 heterocycles. The molecular formula is C30H46O5. The molecule has 0 aromatic heterocycles. The monoisotopic (exact) mass is 486 g/mol. The van der Waals surface area contributed by atoms with Crippen LogP contribution in [0.2, 0.25) is 0 Å². The average Bonchev–Trinajstić information content (AvgIpc) is 2.76. The van der Waals surface area contributed by atoms with E-state index in [0.717, 1.165) is 32.1 Å². The van der Waals surface area contributed by atoms with E-state index < -0.39 is 39.3 Å². The van der Waals surface area contributed by atoms with Crippen LogP contribution in [0.15, 0.2) is 11.1 Å². The highest BCUT2D eigenvalue weighted by Gasteiger charge is 2.75. The number of hydrogen-bond acceptors (Lipinski definition) is 4. The van der Waals surface area contributed by atoms with Crippen LogP contribution >= 0.6 is 0 Å². The molecule has 0 aliphatic heterocycles. The van der Waals surface area contributed by atoms with Crippen LogP contribution in [0.1, 0.15) is 113 Å². The highest BCUT2D eigenvalue weighted by molar-refractivity contribution is 5.85. The number of allylic oxidation sites excluding steroid dienone is 1. The lowest BCUT2D eigenvalue weighted by Gasteiger charge is -2.73. The molecule has 0 saturated heterocycles. The smallest absolute Gasteiger partial charge is 0.309 e. The van der Waals surface area contributed by atoms with Crippen molar-refractivity contribution in [2.45, 2.75) is 124 Å². The summed E-state index contributed by atoms with van der Waals surface area (Å²) in [5.74, 6) is -0.234. The summed E-state index contributed by atoms with van der Waals surface area (Å²) in [5.41, 5.74) is -1.71. The Kier molecular flexibility index (Phi) is 5.10. The number of fused-ring (bicyclic) bond motifs is 6. The molecule has 5 aliphatic carbocycles. The Labute approximate surface area is 210 Å². The van der Waals surface area contributed by atoms with Gasteiger partial charge in [0, 0.05) is 17.3 Å². The molecule has 196 valence electrons. The molecule has 0 unspecified atom stereocenters. The summed E-state index contributed by atoms with van der Waals surface area (Å²) in [6, 6.07) is 0. The fraction of sp³-hybridized carbons (Fsp3) is 0.867. The Morgan fingerprint density at radius 2 is 1.51 bits per heavy atom. The van der Waals surface area contributed by atoms with Crippen molar-refractivity contribution in [3.63, 3.8) is 0 Å². The Morgan fingerprint density at radius 1 is 0.886 bits per heavy atom. The quantitative estimate of drug-likeness (QED) is 0.415. The summed E-state index contributed by atoms with van der Waals surface area (Å²) in [4.78, 5) is 25.2. The second-order valence-electron chi connectivity index (χ2n) is 14.8. The Hall–Kier alpha value is -1.20. The third kappa shape index (κ3) is 2.73. The maximum Gasteiger partial charge on any atom is 0.309 e. The Balaban J connectivity index is 1.68. The molecule has 5 heteroatoms. The second kappa shape index (κ2) is 7.01. The minimum absolute atomic E-state index is 0.123. The van der Waals surface area contributed by atoms with E-state index in [1.165, 1.54) is 11.1 Å². The van der Waals surface area contributed by atoms with Gasteiger partial charge in [-0.3, -0.25) is 9.59 Å². The minimum atomic E-state index is -1.28. The maximum atomic E-state index is 12.9. The number of rotatable bonds is 1. The molecule has 8 atom stereocenters. The SMILES string of the molecule is CC1(C)C(=O)CC[C@]2(C)C3=C(CC[C@@H]12)[C@@]1(C)CC[C@]2(C)CC[C@@](C)(C(=O)O)C[C@@]2(O)[C@]1(C)[C@H](O)C3. The van der Waals surface area contributed by atoms with Crippen molar-refractivity contribution >= 4 is 11.8 Å². The number of carboxylic acids is 1. The van der Waals surface area contributed by atoms with Gasteiger partial charge in [0.25, 0.3) is 0 Å². The predicted molar refractivity (Wildman–Crippen MR) is 135 cm³/mol. The van der Waals surface area contributed by atoms with Crippen molar-refractivity contribution in [1.82, 2.24) is 0 Å².